The Balaban J connectivity index is 2.23. The summed E-state index contributed by atoms with van der Waals surface area (Å²) in [6, 6.07) is 4.59. The summed E-state index contributed by atoms with van der Waals surface area (Å²) in [6.45, 7) is 3.48. The third kappa shape index (κ3) is 3.11. The quantitative estimate of drug-likeness (QED) is 0.902. The zero-order valence-corrected chi connectivity index (χ0v) is 12.5. The molecule has 0 spiro atoms. The first-order valence-electron chi connectivity index (χ1n) is 6.55. The van der Waals surface area contributed by atoms with Gasteiger partial charge in [-0.1, -0.05) is 12.1 Å². The van der Waals surface area contributed by atoms with Gasteiger partial charge in [-0.3, -0.25) is 0 Å². The lowest BCUT2D eigenvalue weighted by atomic mass is 10.0. The van der Waals surface area contributed by atoms with Crippen molar-refractivity contribution >= 4 is 15.7 Å². The summed E-state index contributed by atoms with van der Waals surface area (Å²) in [5.74, 6) is -0.312. The van der Waals surface area contributed by atoms with E-state index in [1.807, 2.05) is 17.9 Å². The van der Waals surface area contributed by atoms with Crippen LogP contribution in [0.2, 0.25) is 0 Å². The van der Waals surface area contributed by atoms with Gasteiger partial charge in [0, 0.05) is 32.2 Å². The highest BCUT2D eigenvalue weighted by atomic mass is 32.2. The summed E-state index contributed by atoms with van der Waals surface area (Å²) < 4.78 is 38.5. The van der Waals surface area contributed by atoms with Crippen molar-refractivity contribution in [2.45, 2.75) is 13.0 Å². The highest BCUT2D eigenvalue weighted by Gasteiger charge is 2.26. The molecule has 2 N–H and O–H groups in total. The van der Waals surface area contributed by atoms with E-state index in [2.05, 4.69) is 0 Å². The number of hydrogen-bond donors (Lipinski definition) is 1. The number of sulfonamides is 1. The molecule has 1 aliphatic heterocycles. The van der Waals surface area contributed by atoms with Gasteiger partial charge in [-0.2, -0.15) is 4.31 Å². The van der Waals surface area contributed by atoms with Crippen LogP contribution in [0.15, 0.2) is 18.2 Å². The Morgan fingerprint density at radius 1 is 1.25 bits per heavy atom. The number of rotatable bonds is 3. The summed E-state index contributed by atoms with van der Waals surface area (Å²) >= 11 is 0. The summed E-state index contributed by atoms with van der Waals surface area (Å²) in [6.07, 6.45) is 1.19. The molecule has 112 valence electrons. The Bertz CT molecular complexity index is 581. The van der Waals surface area contributed by atoms with Gasteiger partial charge in [0.15, 0.2) is 0 Å². The number of anilines is 1. The number of piperazine rings is 1. The average Bonchev–Trinajstić information content (AvgIpc) is 2.37. The van der Waals surface area contributed by atoms with Crippen LogP contribution in [0.1, 0.15) is 18.5 Å². The number of halogens is 1. The smallest absolute Gasteiger partial charge is 0.211 e. The van der Waals surface area contributed by atoms with E-state index in [1.54, 1.807) is 6.07 Å². The molecular weight excluding hydrogens is 281 g/mol. The van der Waals surface area contributed by atoms with Crippen LogP contribution in [0.3, 0.4) is 0 Å². The van der Waals surface area contributed by atoms with Gasteiger partial charge >= 0.3 is 0 Å². The fraction of sp³-hybridized carbons (Fsp3) is 0.538. The van der Waals surface area contributed by atoms with E-state index in [9.17, 15) is 12.8 Å². The van der Waals surface area contributed by atoms with Gasteiger partial charge in [-0.25, -0.2) is 12.8 Å². The molecule has 2 rings (SSSR count). The van der Waals surface area contributed by atoms with Gasteiger partial charge in [0.05, 0.1) is 11.9 Å². The molecule has 0 aromatic heterocycles. The highest BCUT2D eigenvalue weighted by Crippen LogP contribution is 2.29. The summed E-state index contributed by atoms with van der Waals surface area (Å²) in [4.78, 5) is 1.87. The maximum absolute atomic E-state index is 14.1. The van der Waals surface area contributed by atoms with Crippen molar-refractivity contribution in [1.29, 1.82) is 0 Å². The van der Waals surface area contributed by atoms with Gasteiger partial charge in [-0.15, -0.1) is 0 Å². The Morgan fingerprint density at radius 3 is 2.35 bits per heavy atom. The van der Waals surface area contributed by atoms with Crippen molar-refractivity contribution in [3.05, 3.63) is 29.6 Å². The number of hydrogen-bond acceptors (Lipinski definition) is 4. The molecule has 20 heavy (non-hydrogen) atoms. The van der Waals surface area contributed by atoms with Gasteiger partial charge < -0.3 is 10.6 Å². The van der Waals surface area contributed by atoms with Crippen molar-refractivity contribution in [1.82, 2.24) is 4.31 Å². The van der Waals surface area contributed by atoms with Gasteiger partial charge in [0.1, 0.15) is 5.82 Å². The number of nitrogens with two attached hydrogens (primary N) is 1. The minimum Gasteiger partial charge on any atom is -0.366 e. The summed E-state index contributed by atoms with van der Waals surface area (Å²) in [5, 5.41) is 0. The van der Waals surface area contributed by atoms with Gasteiger partial charge in [0.2, 0.25) is 10.0 Å². The van der Waals surface area contributed by atoms with Gasteiger partial charge in [0.25, 0.3) is 0 Å². The molecule has 1 aromatic rings. The minimum atomic E-state index is -3.18. The van der Waals surface area contributed by atoms with Crippen LogP contribution >= 0.6 is 0 Å². The second-order valence-electron chi connectivity index (χ2n) is 5.12. The molecule has 1 heterocycles. The monoisotopic (exact) mass is 301 g/mol. The van der Waals surface area contributed by atoms with E-state index >= 15 is 0 Å². The van der Waals surface area contributed by atoms with Crippen molar-refractivity contribution < 1.29 is 12.8 Å². The van der Waals surface area contributed by atoms with Crippen molar-refractivity contribution in [3.8, 4) is 0 Å². The van der Waals surface area contributed by atoms with Crippen LogP contribution in [0, 0.1) is 5.82 Å². The fourth-order valence-electron chi connectivity index (χ4n) is 2.48. The standard InChI is InChI=1S/C13H20FN3O2S/c1-10(15)11-4-3-5-12(14)13(11)16-6-8-17(9-7-16)20(2,18)19/h3-5,10H,6-9,15H2,1-2H3/t10-/m0/s1. The summed E-state index contributed by atoms with van der Waals surface area (Å²) in [5.41, 5.74) is 7.13. The molecule has 1 aliphatic rings. The van der Waals surface area contributed by atoms with Crippen LogP contribution in [-0.4, -0.2) is 45.2 Å². The number of para-hydroxylation sites is 1. The normalized spacial score (nSPS) is 19.1. The average molecular weight is 301 g/mol. The molecule has 1 saturated heterocycles. The highest BCUT2D eigenvalue weighted by molar-refractivity contribution is 7.88. The molecule has 0 unspecified atom stereocenters. The van der Waals surface area contributed by atoms with E-state index in [1.165, 1.54) is 16.6 Å². The van der Waals surface area contributed by atoms with Crippen LogP contribution in [0.25, 0.3) is 0 Å². The molecule has 5 nitrogen and oxygen atoms in total. The maximum atomic E-state index is 14.1. The molecular formula is C13H20FN3O2S. The van der Waals surface area contributed by atoms with Crippen LogP contribution < -0.4 is 10.6 Å². The Morgan fingerprint density at radius 2 is 1.85 bits per heavy atom. The molecule has 0 saturated carbocycles. The third-order valence-electron chi connectivity index (χ3n) is 3.53. The van der Waals surface area contributed by atoms with E-state index < -0.39 is 10.0 Å². The maximum Gasteiger partial charge on any atom is 0.211 e. The molecule has 0 amide bonds. The molecule has 1 atom stereocenters. The van der Waals surface area contributed by atoms with Crippen LogP contribution in [0.5, 0.6) is 0 Å². The van der Waals surface area contributed by atoms with E-state index in [-0.39, 0.29) is 11.9 Å². The zero-order valence-electron chi connectivity index (χ0n) is 11.7. The van der Waals surface area contributed by atoms with Crippen molar-refractivity contribution in [2.75, 3.05) is 37.3 Å². The molecule has 0 aliphatic carbocycles. The minimum absolute atomic E-state index is 0.270. The molecule has 7 heteroatoms. The number of benzene rings is 1. The lowest BCUT2D eigenvalue weighted by molar-refractivity contribution is 0.385. The second-order valence-corrected chi connectivity index (χ2v) is 7.10. The molecule has 0 radical (unpaired) electrons. The molecule has 1 fully saturated rings. The van der Waals surface area contributed by atoms with E-state index in [0.717, 1.165) is 5.56 Å². The lowest BCUT2D eigenvalue weighted by Gasteiger charge is -2.36. The lowest BCUT2D eigenvalue weighted by Crippen LogP contribution is -2.49. The second kappa shape index (κ2) is 5.67. The molecule has 1 aromatic carbocycles. The Kier molecular flexibility index (Phi) is 4.31. The number of nitrogens with zero attached hydrogens (tertiary/aromatic N) is 2. The third-order valence-corrected chi connectivity index (χ3v) is 4.84. The van der Waals surface area contributed by atoms with Crippen molar-refractivity contribution in [3.63, 3.8) is 0 Å². The molecule has 0 bridgehead atoms. The Hall–Kier alpha value is -1.18. The fourth-order valence-corrected chi connectivity index (χ4v) is 3.30. The first-order chi connectivity index (χ1) is 9.30. The van der Waals surface area contributed by atoms with Crippen LogP contribution in [0.4, 0.5) is 10.1 Å². The van der Waals surface area contributed by atoms with Gasteiger partial charge in [-0.05, 0) is 18.6 Å². The zero-order chi connectivity index (χ0) is 14.9. The van der Waals surface area contributed by atoms with E-state index in [0.29, 0.717) is 31.9 Å². The predicted molar refractivity (Wildman–Crippen MR) is 77.6 cm³/mol. The first-order valence-corrected chi connectivity index (χ1v) is 8.39. The van der Waals surface area contributed by atoms with Crippen LogP contribution in [-0.2, 0) is 10.0 Å². The topological polar surface area (TPSA) is 66.6 Å². The largest absolute Gasteiger partial charge is 0.366 e. The SMILES string of the molecule is C[C@H](N)c1cccc(F)c1N1CCN(S(C)(=O)=O)CC1. The first kappa shape index (κ1) is 15.2. The van der Waals surface area contributed by atoms with Crippen molar-refractivity contribution in [2.24, 2.45) is 5.73 Å². The van der Waals surface area contributed by atoms with E-state index in [4.69, 9.17) is 5.73 Å². The predicted octanol–water partition coefficient (Wildman–Crippen LogP) is 0.927. The summed E-state index contributed by atoms with van der Waals surface area (Å²) in [7, 11) is -3.18. The Labute approximate surface area is 119 Å².